The monoisotopic (exact) mass is 789 g/mol. The molecule has 57 heavy (non-hydrogen) atoms. The molecule has 4 N–H and O–H groups in total. The van der Waals surface area contributed by atoms with E-state index in [0.29, 0.717) is 13.0 Å². The van der Waals surface area contributed by atoms with Crippen molar-refractivity contribution in [3.8, 4) is 11.1 Å². The Kier molecular flexibility index (Phi) is 13.3. The highest BCUT2D eigenvalue weighted by molar-refractivity contribution is 7.89. The van der Waals surface area contributed by atoms with Crippen molar-refractivity contribution in [2.45, 2.75) is 81.2 Å². The number of nitrogens with one attached hydrogen (secondary N) is 2. The number of carbonyl (C=O) groups excluding carboxylic acids is 1. The normalized spacial score (nSPS) is 20.6. The van der Waals surface area contributed by atoms with Crippen LogP contribution in [0.4, 0.5) is 0 Å². The third-order valence-electron chi connectivity index (χ3n) is 10.9. The Bertz CT molecular complexity index is 2180. The summed E-state index contributed by atoms with van der Waals surface area (Å²) in [6, 6.07) is 38.9. The first-order valence-electron chi connectivity index (χ1n) is 19.6. The molecule has 0 spiro atoms. The van der Waals surface area contributed by atoms with Crippen LogP contribution in [0.15, 0.2) is 132 Å². The minimum absolute atomic E-state index is 0.0182. The lowest BCUT2D eigenvalue weighted by Gasteiger charge is -2.38. The molecular weight excluding hydrogens is 739 g/mol. The van der Waals surface area contributed by atoms with Crippen molar-refractivity contribution in [3.63, 3.8) is 0 Å². The Morgan fingerprint density at radius 1 is 0.807 bits per heavy atom. The SMILES string of the molecule is Cc1ccc(S(=O)(=O)NC(Cc2ccccc2)C(=O)NCc2cccc(-c3ccc(C4OC(CN5CCCC5CO)CC(c5ccc(CO)cc5)O4)cc3)c2)cc1. The Labute approximate surface area is 335 Å². The first-order valence-corrected chi connectivity index (χ1v) is 21.1. The number of hydrogen-bond donors (Lipinski definition) is 4. The predicted molar refractivity (Wildman–Crippen MR) is 219 cm³/mol. The Morgan fingerprint density at radius 3 is 2.25 bits per heavy atom. The Balaban J connectivity index is 1.04. The van der Waals surface area contributed by atoms with E-state index in [1.165, 1.54) is 0 Å². The molecule has 298 valence electrons. The second kappa shape index (κ2) is 18.7. The second-order valence-corrected chi connectivity index (χ2v) is 16.8. The van der Waals surface area contributed by atoms with Crippen LogP contribution in [-0.4, -0.2) is 67.3 Å². The van der Waals surface area contributed by atoms with Gasteiger partial charge in [-0.15, -0.1) is 0 Å². The van der Waals surface area contributed by atoms with Crippen LogP contribution in [0.5, 0.6) is 0 Å². The summed E-state index contributed by atoms with van der Waals surface area (Å²) in [7, 11) is -3.96. The van der Waals surface area contributed by atoms with Crippen molar-refractivity contribution in [3.05, 3.63) is 161 Å². The van der Waals surface area contributed by atoms with Gasteiger partial charge in [-0.2, -0.15) is 4.72 Å². The van der Waals surface area contributed by atoms with Gasteiger partial charge in [0.05, 0.1) is 30.3 Å². The van der Waals surface area contributed by atoms with Crippen molar-refractivity contribution in [2.75, 3.05) is 19.7 Å². The van der Waals surface area contributed by atoms with Crippen LogP contribution in [0.3, 0.4) is 0 Å². The lowest BCUT2D eigenvalue weighted by molar-refractivity contribution is -0.253. The molecular formula is C46H51N3O7S. The number of likely N-dealkylation sites (tertiary alicyclic amines) is 1. The van der Waals surface area contributed by atoms with E-state index in [2.05, 4.69) is 14.9 Å². The van der Waals surface area contributed by atoms with E-state index < -0.39 is 28.3 Å². The smallest absolute Gasteiger partial charge is 0.241 e. The zero-order chi connectivity index (χ0) is 39.8. The first kappa shape index (κ1) is 40.5. The maximum atomic E-state index is 13.6. The van der Waals surface area contributed by atoms with Crippen molar-refractivity contribution < 1.29 is 32.9 Å². The van der Waals surface area contributed by atoms with Crippen molar-refractivity contribution >= 4 is 15.9 Å². The average Bonchev–Trinajstić information content (AvgIpc) is 3.70. The number of sulfonamides is 1. The van der Waals surface area contributed by atoms with Gasteiger partial charge in [0.25, 0.3) is 0 Å². The van der Waals surface area contributed by atoms with E-state index in [9.17, 15) is 23.4 Å². The van der Waals surface area contributed by atoms with Gasteiger partial charge in [0.2, 0.25) is 15.9 Å². The number of aryl methyl sites for hydroxylation is 1. The summed E-state index contributed by atoms with van der Waals surface area (Å²) in [5.74, 6) is -0.422. The average molecular weight is 790 g/mol. The maximum Gasteiger partial charge on any atom is 0.241 e. The predicted octanol–water partition coefficient (Wildman–Crippen LogP) is 6.36. The Hall–Kier alpha value is -4.72. The van der Waals surface area contributed by atoms with Gasteiger partial charge in [0, 0.05) is 31.1 Å². The molecule has 5 aromatic rings. The molecule has 5 unspecified atom stereocenters. The van der Waals surface area contributed by atoms with E-state index in [4.69, 9.17) is 9.47 Å². The third-order valence-corrected chi connectivity index (χ3v) is 12.4. The van der Waals surface area contributed by atoms with E-state index >= 15 is 0 Å². The van der Waals surface area contributed by atoms with Crippen LogP contribution in [0.2, 0.25) is 0 Å². The molecule has 2 fully saturated rings. The van der Waals surface area contributed by atoms with Gasteiger partial charge >= 0.3 is 0 Å². The highest BCUT2D eigenvalue weighted by Crippen LogP contribution is 2.39. The number of rotatable bonds is 15. The molecule has 7 rings (SSSR count). The lowest BCUT2D eigenvalue weighted by Crippen LogP contribution is -2.47. The van der Waals surface area contributed by atoms with Crippen LogP contribution < -0.4 is 10.0 Å². The lowest BCUT2D eigenvalue weighted by atomic mass is 9.98. The number of nitrogens with zero attached hydrogens (tertiary/aromatic N) is 1. The Morgan fingerprint density at radius 2 is 1.53 bits per heavy atom. The number of benzene rings is 5. The number of hydrogen-bond acceptors (Lipinski definition) is 8. The minimum Gasteiger partial charge on any atom is -0.395 e. The minimum atomic E-state index is -3.96. The molecule has 11 heteroatoms. The van der Waals surface area contributed by atoms with Crippen LogP contribution in [0.1, 0.15) is 65.0 Å². The van der Waals surface area contributed by atoms with Crippen LogP contribution in [-0.2, 0) is 43.9 Å². The number of carbonyl (C=O) groups is 1. The van der Waals surface area contributed by atoms with Crippen LogP contribution >= 0.6 is 0 Å². The molecule has 0 radical (unpaired) electrons. The summed E-state index contributed by atoms with van der Waals surface area (Å²) >= 11 is 0. The molecule has 2 heterocycles. The van der Waals surface area contributed by atoms with Gasteiger partial charge in [0.1, 0.15) is 6.04 Å². The van der Waals surface area contributed by atoms with Crippen molar-refractivity contribution in [1.29, 1.82) is 0 Å². The molecule has 5 aromatic carbocycles. The number of aliphatic hydroxyl groups excluding tert-OH is 2. The molecule has 0 aliphatic carbocycles. The fourth-order valence-corrected chi connectivity index (χ4v) is 8.85. The van der Waals surface area contributed by atoms with Gasteiger partial charge in [-0.05, 0) is 84.3 Å². The summed E-state index contributed by atoms with van der Waals surface area (Å²) < 4.78 is 42.5. The topological polar surface area (TPSA) is 137 Å². The zero-order valence-electron chi connectivity index (χ0n) is 32.2. The summed E-state index contributed by atoms with van der Waals surface area (Å²) in [6.07, 6.45) is 2.01. The molecule has 10 nitrogen and oxygen atoms in total. The molecule has 0 aromatic heterocycles. The van der Waals surface area contributed by atoms with Crippen molar-refractivity contribution in [1.82, 2.24) is 14.9 Å². The second-order valence-electron chi connectivity index (χ2n) is 15.0. The van der Waals surface area contributed by atoms with Gasteiger partial charge in [-0.1, -0.05) is 115 Å². The summed E-state index contributed by atoms with van der Waals surface area (Å²) in [6.45, 7) is 3.86. The molecule has 1 amide bonds. The highest BCUT2D eigenvalue weighted by Gasteiger charge is 2.35. The zero-order valence-corrected chi connectivity index (χ0v) is 33.0. The molecule has 2 aliphatic rings. The van der Waals surface area contributed by atoms with E-state index in [0.717, 1.165) is 63.9 Å². The number of aliphatic hydroxyl groups is 2. The molecule has 2 aliphatic heterocycles. The summed E-state index contributed by atoms with van der Waals surface area (Å²) in [4.78, 5) is 16.1. The van der Waals surface area contributed by atoms with Gasteiger partial charge in [-0.3, -0.25) is 9.69 Å². The molecule has 5 atom stereocenters. The van der Waals surface area contributed by atoms with Crippen LogP contribution in [0, 0.1) is 6.92 Å². The van der Waals surface area contributed by atoms with E-state index in [-0.39, 0.29) is 49.3 Å². The van der Waals surface area contributed by atoms with Gasteiger partial charge in [-0.25, -0.2) is 8.42 Å². The number of ether oxygens (including phenoxy) is 2. The third kappa shape index (κ3) is 10.4. The van der Waals surface area contributed by atoms with Gasteiger partial charge < -0.3 is 25.0 Å². The van der Waals surface area contributed by atoms with E-state index in [1.54, 1.807) is 24.3 Å². The quantitative estimate of drug-likeness (QED) is 0.0963. The fraction of sp³-hybridized carbons (Fsp3) is 0.326. The number of amides is 1. The van der Waals surface area contributed by atoms with Gasteiger partial charge in [0.15, 0.2) is 6.29 Å². The first-order chi connectivity index (χ1) is 27.7. The summed E-state index contributed by atoms with van der Waals surface area (Å²) in [5, 5.41) is 22.5. The highest BCUT2D eigenvalue weighted by atomic mass is 32.2. The van der Waals surface area contributed by atoms with Crippen molar-refractivity contribution in [2.24, 2.45) is 0 Å². The van der Waals surface area contributed by atoms with E-state index in [1.807, 2.05) is 110 Å². The fourth-order valence-electron chi connectivity index (χ4n) is 7.65. The molecule has 0 saturated carbocycles. The summed E-state index contributed by atoms with van der Waals surface area (Å²) in [5.41, 5.74) is 7.34. The molecule has 0 bridgehead atoms. The largest absolute Gasteiger partial charge is 0.395 e. The van der Waals surface area contributed by atoms with Crippen LogP contribution in [0.25, 0.3) is 11.1 Å². The standard InChI is InChI=1S/C46H51N3O7S/c1-32-12-22-42(23-13-32)57(53,54)48-43(26-33-7-3-2-4-8-33)45(52)47-28-35-9-5-10-39(25-35)36-18-20-38(21-19-36)46-55-41(29-49-24-6-11-40(49)31-51)27-44(56-46)37-16-14-34(30-50)15-17-37/h2-5,7-10,12-23,25,40-41,43-44,46,48,50-51H,6,11,24,26-31H2,1H3,(H,47,52). The molecule has 2 saturated heterocycles. The maximum absolute atomic E-state index is 13.6.